The van der Waals surface area contributed by atoms with E-state index < -0.39 is 0 Å². The molecule has 0 saturated heterocycles. The highest BCUT2D eigenvalue weighted by Gasteiger charge is 2.37. The van der Waals surface area contributed by atoms with Gasteiger partial charge in [0.25, 0.3) is 0 Å². The fraction of sp³-hybridized carbons (Fsp3) is 0.769. The molecule has 0 radical (unpaired) electrons. The van der Waals surface area contributed by atoms with Crippen molar-refractivity contribution >= 4 is 5.78 Å². The Morgan fingerprint density at radius 3 is 3.07 bits per heavy atom. The van der Waals surface area contributed by atoms with E-state index in [1.165, 1.54) is 25.7 Å². The Kier molecular flexibility index (Phi) is 3.13. The molecule has 84 valence electrons. The first-order valence-electron chi connectivity index (χ1n) is 6.11. The highest BCUT2D eigenvalue weighted by atomic mass is 16.5. The van der Waals surface area contributed by atoms with E-state index >= 15 is 0 Å². The van der Waals surface area contributed by atoms with Crippen molar-refractivity contribution in [2.75, 3.05) is 0 Å². The number of hydrogen-bond donors (Lipinski definition) is 0. The molecule has 2 rings (SSSR count). The minimum absolute atomic E-state index is 0.143. The first-order valence-corrected chi connectivity index (χ1v) is 6.11. The number of rotatable bonds is 1. The zero-order chi connectivity index (χ0) is 10.7. The van der Waals surface area contributed by atoms with Gasteiger partial charge in [0.05, 0.1) is 12.7 Å². The number of ketones is 1. The Morgan fingerprint density at radius 2 is 2.33 bits per heavy atom. The molecule has 0 aromatic carbocycles. The third-order valence-corrected chi connectivity index (χ3v) is 3.90. The maximum Gasteiger partial charge on any atom is 0.162 e. The molecule has 1 saturated carbocycles. The Labute approximate surface area is 91.7 Å². The molecule has 1 fully saturated rings. The summed E-state index contributed by atoms with van der Waals surface area (Å²) >= 11 is 0. The molecule has 0 aromatic rings. The van der Waals surface area contributed by atoms with Crippen LogP contribution in [0.2, 0.25) is 0 Å². The van der Waals surface area contributed by atoms with Crippen LogP contribution < -0.4 is 0 Å². The van der Waals surface area contributed by atoms with Crippen LogP contribution in [0.25, 0.3) is 0 Å². The summed E-state index contributed by atoms with van der Waals surface area (Å²) in [6.45, 7) is 2.26. The monoisotopic (exact) mass is 208 g/mol. The second-order valence-electron chi connectivity index (χ2n) is 4.95. The molecule has 2 unspecified atom stereocenters. The summed E-state index contributed by atoms with van der Waals surface area (Å²) < 4.78 is 5.75. The molecular formula is C13H20O2. The zero-order valence-electron chi connectivity index (χ0n) is 9.50. The van der Waals surface area contributed by atoms with Crippen molar-refractivity contribution in [2.45, 2.75) is 57.5 Å². The summed E-state index contributed by atoms with van der Waals surface area (Å²) in [5.74, 6) is 1.07. The number of carbonyl (C=O) groups excluding carboxylic acids is 1. The van der Waals surface area contributed by atoms with Gasteiger partial charge in [-0.1, -0.05) is 19.8 Å². The van der Waals surface area contributed by atoms with Gasteiger partial charge in [0.15, 0.2) is 5.78 Å². The van der Waals surface area contributed by atoms with Crippen molar-refractivity contribution in [1.29, 1.82) is 0 Å². The highest BCUT2D eigenvalue weighted by molar-refractivity contribution is 5.90. The van der Waals surface area contributed by atoms with E-state index in [1.807, 2.05) is 0 Å². The first-order chi connectivity index (χ1) is 7.24. The van der Waals surface area contributed by atoms with Crippen LogP contribution in [-0.4, -0.2) is 11.4 Å². The predicted octanol–water partition coefficient (Wildman–Crippen LogP) is 3.22. The SMILES string of the molecule is CCC1CCCC2(CC1)CC(=O)C=CO2. The number of hydrogen-bond acceptors (Lipinski definition) is 2. The van der Waals surface area contributed by atoms with Crippen molar-refractivity contribution in [3.8, 4) is 0 Å². The van der Waals surface area contributed by atoms with Gasteiger partial charge in [0.1, 0.15) is 5.60 Å². The summed E-state index contributed by atoms with van der Waals surface area (Å²) in [6.07, 6.45) is 10.9. The molecule has 0 N–H and O–H groups in total. The van der Waals surface area contributed by atoms with E-state index in [4.69, 9.17) is 4.74 Å². The lowest BCUT2D eigenvalue weighted by Gasteiger charge is -2.33. The van der Waals surface area contributed by atoms with Gasteiger partial charge < -0.3 is 4.74 Å². The zero-order valence-corrected chi connectivity index (χ0v) is 9.50. The third-order valence-electron chi connectivity index (χ3n) is 3.90. The Balaban J connectivity index is 2.03. The van der Waals surface area contributed by atoms with Crippen molar-refractivity contribution in [3.05, 3.63) is 12.3 Å². The number of carbonyl (C=O) groups is 1. The fourth-order valence-corrected chi connectivity index (χ4v) is 2.82. The number of ether oxygens (including phenoxy) is 1. The maximum absolute atomic E-state index is 11.4. The lowest BCUT2D eigenvalue weighted by atomic mass is 9.87. The lowest BCUT2D eigenvalue weighted by molar-refractivity contribution is -0.123. The summed E-state index contributed by atoms with van der Waals surface area (Å²) in [6, 6.07) is 0. The van der Waals surface area contributed by atoms with Gasteiger partial charge in [-0.15, -0.1) is 0 Å². The van der Waals surface area contributed by atoms with Gasteiger partial charge in [-0.2, -0.15) is 0 Å². The molecule has 0 aromatic heterocycles. The van der Waals surface area contributed by atoms with Crippen molar-refractivity contribution < 1.29 is 9.53 Å². The van der Waals surface area contributed by atoms with Crippen LogP contribution in [0.4, 0.5) is 0 Å². The van der Waals surface area contributed by atoms with Crippen LogP contribution in [0, 0.1) is 5.92 Å². The third kappa shape index (κ3) is 2.42. The molecule has 1 aliphatic heterocycles. The van der Waals surface area contributed by atoms with E-state index in [2.05, 4.69) is 6.92 Å². The van der Waals surface area contributed by atoms with Crippen LogP contribution in [0.1, 0.15) is 51.9 Å². The molecule has 2 nitrogen and oxygen atoms in total. The largest absolute Gasteiger partial charge is 0.494 e. The van der Waals surface area contributed by atoms with Crippen molar-refractivity contribution in [1.82, 2.24) is 0 Å². The second-order valence-corrected chi connectivity index (χ2v) is 4.95. The fourth-order valence-electron chi connectivity index (χ4n) is 2.82. The van der Waals surface area contributed by atoms with E-state index in [0.717, 1.165) is 18.8 Å². The normalized spacial score (nSPS) is 36.3. The summed E-state index contributed by atoms with van der Waals surface area (Å²) in [4.78, 5) is 11.4. The molecule has 15 heavy (non-hydrogen) atoms. The molecule has 2 atom stereocenters. The topological polar surface area (TPSA) is 26.3 Å². The molecular weight excluding hydrogens is 188 g/mol. The summed E-state index contributed by atoms with van der Waals surface area (Å²) in [5, 5.41) is 0. The lowest BCUT2D eigenvalue weighted by Crippen LogP contribution is -2.35. The van der Waals surface area contributed by atoms with Gasteiger partial charge in [-0.3, -0.25) is 4.79 Å². The van der Waals surface area contributed by atoms with E-state index in [0.29, 0.717) is 6.42 Å². The van der Waals surface area contributed by atoms with Gasteiger partial charge >= 0.3 is 0 Å². The molecule has 2 aliphatic rings. The minimum atomic E-state index is -0.143. The Hall–Kier alpha value is -0.790. The van der Waals surface area contributed by atoms with Crippen LogP contribution in [0.15, 0.2) is 12.3 Å². The molecule has 2 heteroatoms. The van der Waals surface area contributed by atoms with Gasteiger partial charge in [-0.05, 0) is 31.6 Å². The Bertz CT molecular complexity index is 270. The van der Waals surface area contributed by atoms with Crippen molar-refractivity contribution in [3.63, 3.8) is 0 Å². The second kappa shape index (κ2) is 4.38. The predicted molar refractivity (Wildman–Crippen MR) is 59.4 cm³/mol. The van der Waals surface area contributed by atoms with E-state index in [1.54, 1.807) is 12.3 Å². The van der Waals surface area contributed by atoms with Gasteiger partial charge in [-0.25, -0.2) is 0 Å². The van der Waals surface area contributed by atoms with Crippen LogP contribution in [0.3, 0.4) is 0 Å². The van der Waals surface area contributed by atoms with Crippen LogP contribution in [0.5, 0.6) is 0 Å². The van der Waals surface area contributed by atoms with Crippen molar-refractivity contribution in [2.24, 2.45) is 5.92 Å². The average molecular weight is 208 g/mol. The maximum atomic E-state index is 11.4. The quantitative estimate of drug-likeness (QED) is 0.661. The average Bonchev–Trinajstić information content (AvgIpc) is 2.41. The van der Waals surface area contributed by atoms with Gasteiger partial charge in [0, 0.05) is 6.08 Å². The summed E-state index contributed by atoms with van der Waals surface area (Å²) in [7, 11) is 0. The Morgan fingerprint density at radius 1 is 1.47 bits per heavy atom. The van der Waals surface area contributed by atoms with E-state index in [9.17, 15) is 4.79 Å². The highest BCUT2D eigenvalue weighted by Crippen LogP contribution is 2.38. The molecule has 0 bridgehead atoms. The molecule has 1 heterocycles. The minimum Gasteiger partial charge on any atom is -0.494 e. The molecule has 0 amide bonds. The van der Waals surface area contributed by atoms with Crippen LogP contribution in [-0.2, 0) is 9.53 Å². The van der Waals surface area contributed by atoms with Crippen LogP contribution >= 0.6 is 0 Å². The first kappa shape index (κ1) is 10.7. The molecule has 1 aliphatic carbocycles. The van der Waals surface area contributed by atoms with Gasteiger partial charge in [0.2, 0.25) is 0 Å². The number of allylic oxidation sites excluding steroid dienone is 1. The summed E-state index contributed by atoms with van der Waals surface area (Å²) in [5.41, 5.74) is -0.143. The van der Waals surface area contributed by atoms with E-state index in [-0.39, 0.29) is 11.4 Å². The standard InChI is InChI=1S/C13H20O2/c1-2-11-4-3-7-13(8-5-11)10-12(14)6-9-15-13/h6,9,11H,2-5,7-8,10H2,1H3. The smallest absolute Gasteiger partial charge is 0.162 e. The molecule has 1 spiro atoms.